The van der Waals surface area contributed by atoms with Gasteiger partial charge in [0.05, 0.1) is 76.1 Å². The zero-order chi connectivity index (χ0) is 87.2. The molecule has 38 nitrogen and oxygen atoms in total. The molecule has 0 aromatic carbocycles. The van der Waals surface area contributed by atoms with Gasteiger partial charge < -0.3 is 161 Å². The quantitative estimate of drug-likeness (QED) is 0.0259. The second-order valence-electron chi connectivity index (χ2n) is 32.1. The highest BCUT2D eigenvalue weighted by Gasteiger charge is 2.64. The van der Waals surface area contributed by atoms with Crippen LogP contribution in [-0.2, 0) is 76.1 Å². The Bertz CT molecular complexity index is 2900. The molecule has 22 N–H and O–H groups in total. The Morgan fingerprint density at radius 3 is 1.35 bits per heavy atom. The first-order valence-electron chi connectivity index (χ1n) is 42.7. The Kier molecular flexibility index (Phi) is 47.9. The highest BCUT2D eigenvalue weighted by molar-refractivity contribution is 5.78. The Labute approximate surface area is 690 Å². The van der Waals surface area contributed by atoms with Crippen LogP contribution in [0.3, 0.4) is 0 Å². The number of aliphatic hydroxyl groups excluding tert-OH is 16. The monoisotopic (exact) mass is 1700 g/mol. The number of allylic oxidation sites excluding steroid dienone is 1. The van der Waals surface area contributed by atoms with Crippen molar-refractivity contribution < 1.29 is 168 Å². The number of carbonyl (C=O) groups excluding carboxylic acids is 4. The van der Waals surface area contributed by atoms with Crippen molar-refractivity contribution in [1.82, 2.24) is 21.3 Å². The highest BCUT2D eigenvalue weighted by Crippen LogP contribution is 2.42. The smallest absolute Gasteiger partial charge is 0.364 e. The van der Waals surface area contributed by atoms with Crippen molar-refractivity contribution in [3.63, 3.8) is 0 Å². The molecule has 0 bridgehead atoms. The molecule has 38 heteroatoms. The standard InChI is InChI=1S/C80H142N4O34/c1-6-8-10-12-14-16-18-20-21-22-23-25-27-29-31-33-35-37-58(97)84-49(50(93)36-34-32-30-28-26-24-19-17-15-13-11-9-7-2)45-109-75-67(103)66(102)69(56(43-88)111-75)113-76-68(104)73(70(57(44-89)112-76)114-74-61(83-48(5)92)65(101)63(99)54(41-86)110-74)118-80(78(107)108)39-52(95)60(82-47(4)91)72(117-80)64(100)55(42-87)115-79(77(105)106)38-51(94)59(81-46(3)90)71(116-79)62(98)53(96)40-85/h34,36,49-57,59-76,85-89,93-96,98-104H,6-33,35,37-45H2,1-5H3,(H,81,90)(H,82,91)(H,83,92)(H,84,97)(H,105,106)(H,107,108)/b36-34+/t49-,50+,51-,52-,53+,54+,55+,56+,57+,59+,60+,61+,62+,63-,64+,65+,66+,67+,68+,69+,70-,71?,72?,73+,74-,75+,76-,79+,80-/m0/s1. The molecule has 686 valence electrons. The fraction of sp³-hybridized carbons (Fsp3) is 0.900. The first kappa shape index (κ1) is 104. The zero-order valence-corrected chi connectivity index (χ0v) is 69.2. The van der Waals surface area contributed by atoms with Gasteiger partial charge in [-0.05, 0) is 19.3 Å². The van der Waals surface area contributed by atoms with Crippen LogP contribution in [0.1, 0.15) is 240 Å². The summed E-state index contributed by atoms with van der Waals surface area (Å²) in [6.07, 6.45) is -16.7. The van der Waals surface area contributed by atoms with Gasteiger partial charge in [-0.1, -0.05) is 193 Å². The van der Waals surface area contributed by atoms with E-state index in [1.807, 2.05) is 0 Å². The molecule has 5 rings (SSSR count). The van der Waals surface area contributed by atoms with E-state index in [-0.39, 0.29) is 6.42 Å². The van der Waals surface area contributed by atoms with Crippen LogP contribution in [0.4, 0.5) is 0 Å². The lowest BCUT2D eigenvalue weighted by Crippen LogP contribution is -2.72. The van der Waals surface area contributed by atoms with Crippen molar-refractivity contribution in [2.75, 3.05) is 39.6 Å². The Morgan fingerprint density at radius 2 is 0.881 bits per heavy atom. The summed E-state index contributed by atoms with van der Waals surface area (Å²) in [7, 11) is 0. The molecule has 0 saturated carbocycles. The third kappa shape index (κ3) is 31.9. The summed E-state index contributed by atoms with van der Waals surface area (Å²) >= 11 is 0. The maximum absolute atomic E-state index is 14.2. The summed E-state index contributed by atoms with van der Waals surface area (Å²) in [5, 5.41) is 213. The number of carboxylic acid groups (broad SMARTS) is 2. The maximum atomic E-state index is 14.2. The molecule has 2 unspecified atom stereocenters. The van der Waals surface area contributed by atoms with Crippen molar-refractivity contribution in [3.8, 4) is 0 Å². The van der Waals surface area contributed by atoms with E-state index in [1.54, 1.807) is 6.08 Å². The second-order valence-corrected chi connectivity index (χ2v) is 32.1. The van der Waals surface area contributed by atoms with Crippen LogP contribution >= 0.6 is 0 Å². The minimum atomic E-state index is -3.59. The number of hydrogen-bond acceptors (Lipinski definition) is 32. The van der Waals surface area contributed by atoms with Crippen LogP contribution in [-0.4, -0.2) is 344 Å². The molecular formula is C80H142N4O34. The van der Waals surface area contributed by atoms with Crippen molar-refractivity contribution in [2.24, 2.45) is 0 Å². The first-order chi connectivity index (χ1) is 56.3. The molecule has 29 atom stereocenters. The lowest BCUT2D eigenvalue weighted by Gasteiger charge is -2.52. The summed E-state index contributed by atoms with van der Waals surface area (Å²) in [4.78, 5) is 79.1. The van der Waals surface area contributed by atoms with Gasteiger partial charge in [-0.3, -0.25) is 19.2 Å². The molecule has 118 heavy (non-hydrogen) atoms. The third-order valence-corrected chi connectivity index (χ3v) is 22.5. The summed E-state index contributed by atoms with van der Waals surface area (Å²) in [5.41, 5.74) is 0. The Morgan fingerprint density at radius 1 is 0.458 bits per heavy atom. The number of aliphatic hydroxyl groups is 16. The van der Waals surface area contributed by atoms with Crippen LogP contribution in [0.25, 0.3) is 0 Å². The molecule has 0 radical (unpaired) electrons. The van der Waals surface area contributed by atoms with Crippen molar-refractivity contribution in [3.05, 3.63) is 12.2 Å². The topological polar surface area (TPSA) is 607 Å². The minimum absolute atomic E-state index is 0.113. The van der Waals surface area contributed by atoms with Gasteiger partial charge in [-0.2, -0.15) is 0 Å². The highest BCUT2D eigenvalue weighted by atomic mass is 16.8. The van der Waals surface area contributed by atoms with E-state index in [2.05, 4.69) is 35.1 Å². The summed E-state index contributed by atoms with van der Waals surface area (Å²) in [6, 6.07) is -6.82. The maximum Gasteiger partial charge on any atom is 0.364 e. The lowest BCUT2D eigenvalue weighted by molar-refractivity contribution is -0.402. The molecule has 0 aromatic rings. The Hall–Kier alpha value is -4.48. The van der Waals surface area contributed by atoms with Crippen molar-refractivity contribution >= 4 is 35.6 Å². The van der Waals surface area contributed by atoms with Gasteiger partial charge in [0.15, 0.2) is 18.9 Å². The third-order valence-electron chi connectivity index (χ3n) is 22.5. The first-order valence-corrected chi connectivity index (χ1v) is 42.7. The summed E-state index contributed by atoms with van der Waals surface area (Å²) in [5.74, 6) is -14.6. The van der Waals surface area contributed by atoms with E-state index in [9.17, 15) is 121 Å². The molecular weight excluding hydrogens is 1560 g/mol. The van der Waals surface area contributed by atoms with Gasteiger partial charge in [0.1, 0.15) is 110 Å². The second kappa shape index (κ2) is 54.3. The van der Waals surface area contributed by atoms with E-state index < -0.39 is 265 Å². The van der Waals surface area contributed by atoms with Crippen LogP contribution in [0.15, 0.2) is 12.2 Å². The Balaban J connectivity index is 1.42. The van der Waals surface area contributed by atoms with Gasteiger partial charge in [0, 0.05) is 40.0 Å². The number of ether oxygens (including phenoxy) is 10. The van der Waals surface area contributed by atoms with E-state index in [0.717, 1.165) is 85.0 Å². The largest absolute Gasteiger partial charge is 0.477 e. The van der Waals surface area contributed by atoms with Crippen LogP contribution in [0, 0.1) is 0 Å². The van der Waals surface area contributed by atoms with Crippen molar-refractivity contribution in [2.45, 2.75) is 417 Å². The van der Waals surface area contributed by atoms with Crippen LogP contribution < -0.4 is 21.3 Å². The number of hydrogen-bond donors (Lipinski definition) is 22. The summed E-state index contributed by atoms with van der Waals surface area (Å²) < 4.78 is 59.9. The minimum Gasteiger partial charge on any atom is -0.477 e. The summed E-state index contributed by atoms with van der Waals surface area (Å²) in [6.45, 7) is 0.534. The van der Waals surface area contributed by atoms with Gasteiger partial charge in [0.2, 0.25) is 23.6 Å². The number of carbonyl (C=O) groups is 6. The van der Waals surface area contributed by atoms with Gasteiger partial charge >= 0.3 is 11.9 Å². The van der Waals surface area contributed by atoms with Crippen molar-refractivity contribution in [1.29, 1.82) is 0 Å². The average Bonchev–Trinajstić information content (AvgIpc) is 0.755. The molecule has 0 aromatic heterocycles. The van der Waals surface area contributed by atoms with E-state index in [1.165, 1.54) is 115 Å². The zero-order valence-electron chi connectivity index (χ0n) is 69.2. The number of nitrogens with one attached hydrogen (secondary N) is 4. The number of unbranched alkanes of at least 4 members (excludes halogenated alkanes) is 27. The van der Waals surface area contributed by atoms with E-state index in [0.29, 0.717) is 12.8 Å². The van der Waals surface area contributed by atoms with Crippen LogP contribution in [0.5, 0.6) is 0 Å². The average molecular weight is 1700 g/mol. The van der Waals surface area contributed by atoms with Gasteiger partial charge in [0.25, 0.3) is 11.6 Å². The van der Waals surface area contributed by atoms with E-state index >= 15 is 0 Å². The molecule has 5 aliphatic heterocycles. The number of amides is 4. The van der Waals surface area contributed by atoms with Crippen LogP contribution in [0.2, 0.25) is 0 Å². The van der Waals surface area contributed by atoms with Gasteiger partial charge in [-0.15, -0.1) is 0 Å². The number of carboxylic acids is 2. The fourth-order valence-electron chi connectivity index (χ4n) is 15.8. The number of aliphatic carboxylic acids is 2. The predicted molar refractivity (Wildman–Crippen MR) is 416 cm³/mol. The molecule has 5 heterocycles. The molecule has 0 spiro atoms. The predicted octanol–water partition coefficient (Wildman–Crippen LogP) is -0.913. The SMILES string of the molecule is CCCCCCCCCCCCC/C=C/[C@@H](O)[C@H](CO[C@@H]1O[C@H](CO)[C@@H](O[C@@H]2O[C@H](CO)[C@H](O[C@@H]3O[C@H](CO)[C@H](O)[C@H](O)[C@H]3NC(C)=O)[C@H](O[C@]3(C(=O)O)C[C@H](O)[C@@H](NC(C)=O)C([C@H](O)[C@@H](CO)O[C@]4(C(=O)O)C[C@H](O)[C@@H](NC(C)=O)C([C@H](O)[C@H](O)CO)O4)O3)[C@H]2O)[C@H](O)[C@H]1O)NC(=O)CCCCCCCCCCCCCCCCCCC. The molecule has 5 aliphatic rings. The number of rotatable bonds is 58. The fourth-order valence-corrected chi connectivity index (χ4v) is 15.8. The van der Waals surface area contributed by atoms with Gasteiger partial charge in [-0.25, -0.2) is 9.59 Å². The molecule has 0 aliphatic carbocycles. The molecule has 5 saturated heterocycles. The molecule has 5 fully saturated rings. The van der Waals surface area contributed by atoms with E-state index in [4.69, 9.17) is 47.4 Å². The lowest BCUT2D eigenvalue weighted by atomic mass is 9.87. The molecule has 4 amide bonds. The normalized spacial score (nSPS) is 32.9.